The Hall–Kier alpha value is -5.35. The smallest absolute Gasteiger partial charge is 0.463 e. The molecule has 18 heteroatoms. The fourth-order valence-electron chi connectivity index (χ4n) is 10.8. The van der Waals surface area contributed by atoms with E-state index in [9.17, 15) is 43.5 Å². The SMILES string of the molecule is CC/C=C\C/C=C\C/C=C\C/C=C\C/C=C\C/C=C\CCCCC(=O)OCC(COP(=O)(O)OCC(O)COP(=O)(O)OCC(O)COC(=O)CCCCCCCCCCCCCCCCCCCCC/C=C\C/C=C\C/C=C\C/C=C\CCCCC)OC(=O)CCC/C=C\C/C=C\C/C=C\C/C=C\C/C=C\CC. The van der Waals surface area contributed by atoms with E-state index in [1.54, 1.807) is 0 Å². The lowest BCUT2D eigenvalue weighted by Crippen LogP contribution is -2.30. The minimum Gasteiger partial charge on any atom is -0.463 e. The van der Waals surface area contributed by atoms with Crippen LogP contribution in [0.4, 0.5) is 0 Å². The highest BCUT2D eigenvalue weighted by Crippen LogP contribution is 2.45. The molecule has 0 aromatic rings. The van der Waals surface area contributed by atoms with Gasteiger partial charge in [-0.05, 0) is 154 Å². The summed E-state index contributed by atoms with van der Waals surface area (Å²) >= 11 is 0. The number of carbonyl (C=O) groups excluding carboxylic acids is 3. The summed E-state index contributed by atoms with van der Waals surface area (Å²) in [5, 5.41) is 20.7. The highest BCUT2D eigenvalue weighted by atomic mass is 31.2. The van der Waals surface area contributed by atoms with Gasteiger partial charge in [0, 0.05) is 19.3 Å². The molecular formula is C91H150O16P2. The normalized spacial score (nSPS) is 14.8. The first-order chi connectivity index (χ1) is 53.2. The minimum atomic E-state index is -4.97. The summed E-state index contributed by atoms with van der Waals surface area (Å²) in [6.45, 7) is 2.30. The molecule has 0 aromatic carbocycles. The Bertz CT molecular complexity index is 2710. The number of phosphoric ester groups is 2. The predicted octanol–water partition coefficient (Wildman–Crippen LogP) is 25.3. The standard InChI is InChI=1S/C91H150O16P2/c1-4-7-10-13-16-19-22-25-28-31-33-35-36-37-38-39-40-41-42-43-44-45-46-47-48-50-52-54-56-59-62-65-68-71-74-77-89(94)101-80-86(92)81-103-108(97,98)104-82-87(93)83-105-109(99,100)106-85-88(107-91(96)79-76-73-70-67-64-61-58-53-30-27-24-21-18-15-12-9-6-3)84-102-90(95)78-75-72-69-66-63-60-57-55-51-49-34-32-29-26-23-20-17-14-11-8-5-2/h8-9,11-12,16-21,25-30,33-35,37-38,49,55,57-58,61,63,66-67,70,86-88,92-93H,4-7,10,13-15,22-24,31-32,36,39-48,50-54,56,59-60,62,64-65,68-69,71-85H2,1-3H3,(H,97,98)(H,99,100)/b11-8-,12-9-,19-16-,20-17-,21-18-,28-25-,29-26-,30-27-,35-33-,38-37-,49-34-,57-55-,61-58-,66-63-,70-67-. The number of allylic oxidation sites excluding steroid dienone is 30. The van der Waals surface area contributed by atoms with Crippen LogP contribution < -0.4 is 0 Å². The number of carbonyl (C=O) groups is 3. The summed E-state index contributed by atoms with van der Waals surface area (Å²) in [5.41, 5.74) is 0. The molecule has 4 N–H and O–H groups in total. The zero-order valence-electron chi connectivity index (χ0n) is 67.9. The van der Waals surface area contributed by atoms with Crippen LogP contribution in [-0.2, 0) is 55.8 Å². The van der Waals surface area contributed by atoms with Crippen LogP contribution in [0, 0.1) is 0 Å². The Kier molecular flexibility index (Phi) is 78.1. The van der Waals surface area contributed by atoms with Crippen molar-refractivity contribution >= 4 is 33.6 Å². The van der Waals surface area contributed by atoms with Crippen molar-refractivity contribution in [2.45, 2.75) is 334 Å². The van der Waals surface area contributed by atoms with Gasteiger partial charge in [-0.1, -0.05) is 325 Å². The molecule has 0 amide bonds. The van der Waals surface area contributed by atoms with Crippen LogP contribution in [0.15, 0.2) is 182 Å². The maximum Gasteiger partial charge on any atom is 0.472 e. The van der Waals surface area contributed by atoms with E-state index in [2.05, 4.69) is 191 Å². The number of unbranched alkanes of at least 4 members (excludes halogenated alkanes) is 25. The monoisotopic (exact) mass is 1560 g/mol. The third kappa shape index (κ3) is 83.4. The maximum atomic E-state index is 13.0. The molecule has 0 aliphatic rings. The number of hydrogen-bond donors (Lipinski definition) is 4. The van der Waals surface area contributed by atoms with Gasteiger partial charge in [0.1, 0.15) is 25.4 Å². The van der Waals surface area contributed by atoms with E-state index < -0.39 is 91.5 Å². The molecule has 0 rings (SSSR count). The molecule has 0 aromatic heterocycles. The fourth-order valence-corrected chi connectivity index (χ4v) is 12.4. The van der Waals surface area contributed by atoms with Gasteiger partial charge in [-0.15, -0.1) is 0 Å². The van der Waals surface area contributed by atoms with Gasteiger partial charge < -0.3 is 34.2 Å². The molecule has 0 aliphatic carbocycles. The molecule has 0 heterocycles. The van der Waals surface area contributed by atoms with Crippen molar-refractivity contribution < 1.29 is 75.8 Å². The van der Waals surface area contributed by atoms with E-state index in [1.807, 2.05) is 12.2 Å². The van der Waals surface area contributed by atoms with Crippen LogP contribution in [0.5, 0.6) is 0 Å². The molecule has 0 fully saturated rings. The quantitative estimate of drug-likeness (QED) is 0.0146. The summed E-state index contributed by atoms with van der Waals surface area (Å²) in [6.07, 6.45) is 107. The van der Waals surface area contributed by atoms with Gasteiger partial charge in [0.25, 0.3) is 0 Å². The Morgan fingerprint density at radius 2 is 0.495 bits per heavy atom. The van der Waals surface area contributed by atoms with E-state index in [-0.39, 0.29) is 19.3 Å². The van der Waals surface area contributed by atoms with Crippen LogP contribution >= 0.6 is 15.6 Å². The van der Waals surface area contributed by atoms with Crippen LogP contribution in [0.3, 0.4) is 0 Å². The topological polar surface area (TPSA) is 231 Å². The number of aliphatic hydroxyl groups excluding tert-OH is 2. The molecule has 0 spiro atoms. The minimum absolute atomic E-state index is 0.00950. The van der Waals surface area contributed by atoms with Gasteiger partial charge in [0.2, 0.25) is 0 Å². The highest BCUT2D eigenvalue weighted by molar-refractivity contribution is 7.47. The molecule has 0 saturated carbocycles. The Labute approximate surface area is 662 Å². The average Bonchev–Trinajstić information content (AvgIpc) is 0.903. The number of hydrogen-bond acceptors (Lipinski definition) is 14. The molecule has 5 atom stereocenters. The van der Waals surface area contributed by atoms with E-state index in [0.29, 0.717) is 25.7 Å². The maximum absolute atomic E-state index is 13.0. The van der Waals surface area contributed by atoms with Gasteiger partial charge in [-0.3, -0.25) is 32.5 Å². The van der Waals surface area contributed by atoms with Crippen molar-refractivity contribution in [2.75, 3.05) is 39.6 Å². The molecule has 0 aliphatic heterocycles. The van der Waals surface area contributed by atoms with Crippen LogP contribution in [0.25, 0.3) is 0 Å². The molecule has 16 nitrogen and oxygen atoms in total. The molecular weight excluding hydrogens is 1410 g/mol. The summed E-state index contributed by atoms with van der Waals surface area (Å²) in [5.74, 6) is -1.70. The van der Waals surface area contributed by atoms with Crippen LogP contribution in [0.1, 0.15) is 316 Å². The van der Waals surface area contributed by atoms with Gasteiger partial charge in [0.05, 0.1) is 26.4 Å². The van der Waals surface area contributed by atoms with Crippen molar-refractivity contribution in [3.05, 3.63) is 182 Å². The van der Waals surface area contributed by atoms with Gasteiger partial charge in [-0.2, -0.15) is 0 Å². The second kappa shape index (κ2) is 82.1. The van der Waals surface area contributed by atoms with Crippen molar-refractivity contribution in [3.63, 3.8) is 0 Å². The Morgan fingerprint density at radius 1 is 0.266 bits per heavy atom. The molecule has 0 bridgehead atoms. The first kappa shape index (κ1) is 104. The van der Waals surface area contributed by atoms with Gasteiger partial charge in [0.15, 0.2) is 6.10 Å². The van der Waals surface area contributed by atoms with Crippen molar-refractivity contribution in [1.82, 2.24) is 0 Å². The second-order valence-electron chi connectivity index (χ2n) is 27.5. The largest absolute Gasteiger partial charge is 0.472 e. The number of ether oxygens (including phenoxy) is 3. The first-order valence-corrected chi connectivity index (χ1v) is 45.1. The van der Waals surface area contributed by atoms with Crippen molar-refractivity contribution in [3.8, 4) is 0 Å². The Morgan fingerprint density at radius 3 is 0.817 bits per heavy atom. The third-order valence-corrected chi connectivity index (χ3v) is 19.0. The van der Waals surface area contributed by atoms with Gasteiger partial charge in [-0.25, -0.2) is 9.13 Å². The first-order valence-electron chi connectivity index (χ1n) is 42.1. The van der Waals surface area contributed by atoms with Gasteiger partial charge >= 0.3 is 33.6 Å². The lowest BCUT2D eigenvalue weighted by atomic mass is 10.0. The molecule has 0 radical (unpaired) electrons. The summed E-state index contributed by atoms with van der Waals surface area (Å²) in [7, 11) is -9.84. The third-order valence-electron chi connectivity index (χ3n) is 17.1. The van der Waals surface area contributed by atoms with E-state index in [0.717, 1.165) is 122 Å². The lowest BCUT2D eigenvalue weighted by Gasteiger charge is -2.21. The lowest BCUT2D eigenvalue weighted by molar-refractivity contribution is -0.161. The molecule has 109 heavy (non-hydrogen) atoms. The zero-order chi connectivity index (χ0) is 79.4. The van der Waals surface area contributed by atoms with E-state index in [4.69, 9.17) is 32.3 Å². The van der Waals surface area contributed by atoms with Crippen LogP contribution in [0.2, 0.25) is 0 Å². The summed E-state index contributed by atoms with van der Waals surface area (Å²) in [4.78, 5) is 58.7. The zero-order valence-corrected chi connectivity index (χ0v) is 69.7. The van der Waals surface area contributed by atoms with Crippen molar-refractivity contribution in [2.24, 2.45) is 0 Å². The summed E-state index contributed by atoms with van der Waals surface area (Å²) < 4.78 is 61.1. The highest BCUT2D eigenvalue weighted by Gasteiger charge is 2.29. The second-order valence-corrected chi connectivity index (χ2v) is 30.4. The molecule has 620 valence electrons. The fraction of sp³-hybridized carbons (Fsp3) is 0.637. The predicted molar refractivity (Wildman–Crippen MR) is 454 cm³/mol. The summed E-state index contributed by atoms with van der Waals surface area (Å²) in [6, 6.07) is 0. The number of rotatable bonds is 78. The van der Waals surface area contributed by atoms with E-state index in [1.165, 1.54) is 128 Å². The van der Waals surface area contributed by atoms with E-state index >= 15 is 0 Å². The number of phosphoric acid groups is 2. The Balaban J connectivity index is 4.52. The van der Waals surface area contributed by atoms with Crippen molar-refractivity contribution in [1.29, 1.82) is 0 Å². The molecule has 5 unspecified atom stereocenters. The number of aliphatic hydroxyl groups is 2. The average molecular weight is 1560 g/mol. The number of esters is 3. The molecule has 0 saturated heterocycles. The van der Waals surface area contributed by atoms with Crippen LogP contribution in [-0.4, -0.2) is 95.9 Å².